The molecule has 3 rings (SSSR count). The molecule has 0 radical (unpaired) electrons. The average Bonchev–Trinajstić information content (AvgIpc) is 2.92. The fourth-order valence-corrected chi connectivity index (χ4v) is 3.72. The van der Waals surface area contributed by atoms with Gasteiger partial charge in [-0.1, -0.05) is 24.3 Å². The van der Waals surface area contributed by atoms with Crippen molar-refractivity contribution in [2.75, 3.05) is 6.54 Å². The highest BCUT2D eigenvalue weighted by molar-refractivity contribution is 7.10. The van der Waals surface area contributed by atoms with Crippen molar-refractivity contribution >= 4 is 11.3 Å². The Labute approximate surface area is 118 Å². The SMILES string of the molecule is CC1c2ccsc2CCN1Cc1ccc(CO)cc1. The topological polar surface area (TPSA) is 23.5 Å². The third kappa shape index (κ3) is 2.59. The summed E-state index contributed by atoms with van der Waals surface area (Å²) in [7, 11) is 0. The highest BCUT2D eigenvalue weighted by Crippen LogP contribution is 2.33. The van der Waals surface area contributed by atoms with Crippen LogP contribution in [-0.4, -0.2) is 16.6 Å². The van der Waals surface area contributed by atoms with Crippen LogP contribution in [0.5, 0.6) is 0 Å². The van der Waals surface area contributed by atoms with Crippen molar-refractivity contribution < 1.29 is 5.11 Å². The molecule has 0 spiro atoms. The molecular weight excluding hydrogens is 254 g/mol. The predicted octanol–water partition coefficient (Wildman–Crippen LogP) is 3.36. The lowest BCUT2D eigenvalue weighted by Gasteiger charge is -2.33. The molecule has 0 saturated carbocycles. The quantitative estimate of drug-likeness (QED) is 0.927. The van der Waals surface area contributed by atoms with E-state index in [1.807, 2.05) is 23.5 Å². The van der Waals surface area contributed by atoms with Gasteiger partial charge in [0.05, 0.1) is 6.61 Å². The van der Waals surface area contributed by atoms with E-state index < -0.39 is 0 Å². The van der Waals surface area contributed by atoms with Gasteiger partial charge in [-0.3, -0.25) is 4.90 Å². The standard InChI is InChI=1S/C16H19NOS/c1-12-15-7-9-19-16(15)6-8-17(12)10-13-2-4-14(11-18)5-3-13/h2-5,7,9,12,18H,6,8,10-11H2,1H3. The Morgan fingerprint density at radius 2 is 1.95 bits per heavy atom. The van der Waals surface area contributed by atoms with Crippen molar-refractivity contribution in [1.29, 1.82) is 0 Å². The number of aliphatic hydroxyl groups is 1. The molecule has 0 bridgehead atoms. The van der Waals surface area contributed by atoms with E-state index >= 15 is 0 Å². The van der Waals surface area contributed by atoms with E-state index in [9.17, 15) is 0 Å². The molecule has 0 fully saturated rings. The smallest absolute Gasteiger partial charge is 0.0681 e. The molecule has 2 heterocycles. The zero-order chi connectivity index (χ0) is 13.2. The second-order valence-electron chi connectivity index (χ2n) is 5.17. The molecule has 0 amide bonds. The maximum atomic E-state index is 9.07. The summed E-state index contributed by atoms with van der Waals surface area (Å²) in [4.78, 5) is 4.09. The van der Waals surface area contributed by atoms with E-state index in [-0.39, 0.29) is 6.61 Å². The van der Waals surface area contributed by atoms with Gasteiger partial charge < -0.3 is 5.11 Å². The van der Waals surface area contributed by atoms with Gasteiger partial charge >= 0.3 is 0 Å². The van der Waals surface area contributed by atoms with Gasteiger partial charge in [0.25, 0.3) is 0 Å². The lowest BCUT2D eigenvalue weighted by molar-refractivity contribution is 0.191. The number of aliphatic hydroxyl groups excluding tert-OH is 1. The Bertz CT molecular complexity index is 546. The van der Waals surface area contributed by atoms with Crippen LogP contribution in [0.4, 0.5) is 0 Å². The zero-order valence-corrected chi connectivity index (χ0v) is 12.0. The molecule has 19 heavy (non-hydrogen) atoms. The molecule has 2 nitrogen and oxygen atoms in total. The molecule has 3 heteroatoms. The van der Waals surface area contributed by atoms with Crippen molar-refractivity contribution in [2.45, 2.75) is 32.5 Å². The number of benzene rings is 1. The molecular formula is C16H19NOS. The third-order valence-corrected chi connectivity index (χ3v) is 4.99. The van der Waals surface area contributed by atoms with Crippen LogP contribution in [-0.2, 0) is 19.6 Å². The predicted molar refractivity (Wildman–Crippen MR) is 79.2 cm³/mol. The number of nitrogens with zero attached hydrogens (tertiary/aromatic N) is 1. The minimum Gasteiger partial charge on any atom is -0.392 e. The first-order chi connectivity index (χ1) is 9.28. The third-order valence-electron chi connectivity index (χ3n) is 3.99. The van der Waals surface area contributed by atoms with Crippen LogP contribution < -0.4 is 0 Å². The number of hydrogen-bond donors (Lipinski definition) is 1. The first-order valence-corrected chi connectivity index (χ1v) is 7.65. The molecule has 0 saturated heterocycles. The highest BCUT2D eigenvalue weighted by Gasteiger charge is 2.24. The first-order valence-electron chi connectivity index (χ1n) is 6.77. The van der Waals surface area contributed by atoms with Crippen LogP contribution in [0.1, 0.15) is 34.5 Å². The van der Waals surface area contributed by atoms with Gasteiger partial charge in [-0.05, 0) is 41.5 Å². The molecule has 1 aromatic heterocycles. The number of fused-ring (bicyclic) bond motifs is 1. The summed E-state index contributed by atoms with van der Waals surface area (Å²) >= 11 is 1.89. The molecule has 1 aromatic carbocycles. The van der Waals surface area contributed by atoms with E-state index in [0.29, 0.717) is 6.04 Å². The summed E-state index contributed by atoms with van der Waals surface area (Å²) in [5.74, 6) is 0. The molecule has 2 aromatic rings. The van der Waals surface area contributed by atoms with Crippen LogP contribution in [0.25, 0.3) is 0 Å². The summed E-state index contributed by atoms with van der Waals surface area (Å²) < 4.78 is 0. The van der Waals surface area contributed by atoms with E-state index in [4.69, 9.17) is 5.11 Å². The summed E-state index contributed by atoms with van der Waals surface area (Å²) in [6.07, 6.45) is 1.17. The molecule has 100 valence electrons. The molecule has 1 atom stereocenters. The van der Waals surface area contributed by atoms with Gasteiger partial charge in [-0.25, -0.2) is 0 Å². The van der Waals surface area contributed by atoms with Crippen LogP contribution >= 0.6 is 11.3 Å². The van der Waals surface area contributed by atoms with Gasteiger partial charge in [0, 0.05) is 24.0 Å². The second kappa shape index (κ2) is 5.45. The first kappa shape index (κ1) is 12.9. The van der Waals surface area contributed by atoms with Crippen molar-refractivity contribution in [3.05, 3.63) is 57.3 Å². The van der Waals surface area contributed by atoms with Gasteiger partial charge in [0.2, 0.25) is 0 Å². The Morgan fingerprint density at radius 1 is 1.21 bits per heavy atom. The maximum absolute atomic E-state index is 9.07. The van der Waals surface area contributed by atoms with Crippen LogP contribution in [0, 0.1) is 0 Å². The van der Waals surface area contributed by atoms with Gasteiger partial charge in [-0.2, -0.15) is 0 Å². The molecule has 0 aliphatic carbocycles. The van der Waals surface area contributed by atoms with E-state index in [1.165, 1.54) is 17.5 Å². The lowest BCUT2D eigenvalue weighted by atomic mass is 10.0. The Balaban J connectivity index is 1.73. The second-order valence-corrected chi connectivity index (χ2v) is 6.17. The molecule has 1 aliphatic heterocycles. The zero-order valence-electron chi connectivity index (χ0n) is 11.2. The van der Waals surface area contributed by atoms with Crippen molar-refractivity contribution in [1.82, 2.24) is 4.90 Å². The highest BCUT2D eigenvalue weighted by atomic mass is 32.1. The van der Waals surface area contributed by atoms with E-state index in [0.717, 1.165) is 18.7 Å². The summed E-state index contributed by atoms with van der Waals surface area (Å²) in [6, 6.07) is 11.1. The molecule has 1 N–H and O–H groups in total. The molecule has 1 unspecified atom stereocenters. The van der Waals surface area contributed by atoms with Gasteiger partial charge in [0.1, 0.15) is 0 Å². The van der Waals surface area contributed by atoms with Crippen molar-refractivity contribution in [2.24, 2.45) is 0 Å². The maximum Gasteiger partial charge on any atom is 0.0681 e. The normalized spacial score (nSPS) is 19.4. The summed E-state index contributed by atoms with van der Waals surface area (Å²) in [5.41, 5.74) is 3.81. The Kier molecular flexibility index (Phi) is 3.69. The number of thiophene rings is 1. The van der Waals surface area contributed by atoms with Gasteiger partial charge in [-0.15, -0.1) is 11.3 Å². The molecule has 1 aliphatic rings. The van der Waals surface area contributed by atoms with Gasteiger partial charge in [0.15, 0.2) is 0 Å². The van der Waals surface area contributed by atoms with Crippen molar-refractivity contribution in [3.63, 3.8) is 0 Å². The van der Waals surface area contributed by atoms with Crippen LogP contribution in [0.2, 0.25) is 0 Å². The average molecular weight is 273 g/mol. The minimum absolute atomic E-state index is 0.124. The Morgan fingerprint density at radius 3 is 2.68 bits per heavy atom. The van der Waals surface area contributed by atoms with Crippen LogP contribution in [0.15, 0.2) is 35.7 Å². The largest absolute Gasteiger partial charge is 0.392 e. The minimum atomic E-state index is 0.124. The fourth-order valence-electron chi connectivity index (χ4n) is 2.76. The fraction of sp³-hybridized carbons (Fsp3) is 0.375. The number of rotatable bonds is 3. The van der Waals surface area contributed by atoms with E-state index in [2.05, 4.69) is 35.4 Å². The van der Waals surface area contributed by atoms with E-state index in [1.54, 1.807) is 4.88 Å². The summed E-state index contributed by atoms with van der Waals surface area (Å²) in [6.45, 7) is 4.55. The lowest BCUT2D eigenvalue weighted by Crippen LogP contribution is -2.32. The number of hydrogen-bond acceptors (Lipinski definition) is 3. The Hall–Kier alpha value is -1.16. The van der Waals surface area contributed by atoms with Crippen molar-refractivity contribution in [3.8, 4) is 0 Å². The monoisotopic (exact) mass is 273 g/mol. The van der Waals surface area contributed by atoms with Crippen LogP contribution in [0.3, 0.4) is 0 Å². The summed E-state index contributed by atoms with van der Waals surface area (Å²) in [5, 5.41) is 11.3.